The molecule has 6 heteroatoms. The average Bonchev–Trinajstić information content (AvgIpc) is 3.02. The van der Waals surface area contributed by atoms with Crippen LogP contribution >= 0.6 is 11.6 Å². The van der Waals surface area contributed by atoms with Crippen molar-refractivity contribution in [2.75, 3.05) is 26.2 Å². The molecular weight excluding hydrogens is 448 g/mol. The second-order valence-corrected chi connectivity index (χ2v) is 9.31. The summed E-state index contributed by atoms with van der Waals surface area (Å²) >= 11 is 6.05. The third kappa shape index (κ3) is 7.47. The van der Waals surface area contributed by atoms with Gasteiger partial charge in [0.15, 0.2) is 6.23 Å². The normalized spacial score (nSPS) is 18.3. The van der Waals surface area contributed by atoms with Crippen LogP contribution in [0.25, 0.3) is 0 Å². The van der Waals surface area contributed by atoms with Crippen LogP contribution in [0.5, 0.6) is 11.5 Å². The van der Waals surface area contributed by atoms with E-state index >= 15 is 0 Å². The first-order valence-corrected chi connectivity index (χ1v) is 12.3. The van der Waals surface area contributed by atoms with Gasteiger partial charge in [0.1, 0.15) is 18.1 Å². The molecule has 1 N–H and O–H groups in total. The van der Waals surface area contributed by atoms with E-state index in [1.807, 2.05) is 61.5 Å². The summed E-state index contributed by atoms with van der Waals surface area (Å²) in [5.74, 6) is 1.66. The molecule has 34 heavy (non-hydrogen) atoms. The highest BCUT2D eigenvalue weighted by Crippen LogP contribution is 2.22. The molecule has 0 saturated carbocycles. The Bertz CT molecular complexity index is 996. The number of β-amino-alcohol motifs (C(OH)–C–C–N with tert-alkyl or cyclic N) is 1. The van der Waals surface area contributed by atoms with Gasteiger partial charge in [0, 0.05) is 31.2 Å². The van der Waals surface area contributed by atoms with Crippen molar-refractivity contribution >= 4 is 11.6 Å². The second-order valence-electron chi connectivity index (χ2n) is 8.88. The Kier molecular flexibility index (Phi) is 8.83. The van der Waals surface area contributed by atoms with E-state index in [1.54, 1.807) is 0 Å². The fourth-order valence-electron chi connectivity index (χ4n) is 4.24. The molecule has 2 unspecified atom stereocenters. The third-order valence-corrected chi connectivity index (χ3v) is 6.16. The van der Waals surface area contributed by atoms with Crippen molar-refractivity contribution in [3.63, 3.8) is 0 Å². The Morgan fingerprint density at radius 1 is 0.912 bits per heavy atom. The number of halogens is 1. The first-order chi connectivity index (χ1) is 16.5. The van der Waals surface area contributed by atoms with Gasteiger partial charge in [-0.15, -0.1) is 0 Å². The van der Waals surface area contributed by atoms with Crippen molar-refractivity contribution in [3.05, 3.63) is 95.0 Å². The van der Waals surface area contributed by atoms with Crippen molar-refractivity contribution in [2.45, 2.75) is 38.8 Å². The molecule has 1 saturated heterocycles. The predicted molar refractivity (Wildman–Crippen MR) is 136 cm³/mol. The summed E-state index contributed by atoms with van der Waals surface area (Å²) in [4.78, 5) is 4.66. The van der Waals surface area contributed by atoms with Gasteiger partial charge >= 0.3 is 0 Å². The maximum Gasteiger partial charge on any atom is 0.165 e. The van der Waals surface area contributed by atoms with Crippen LogP contribution in [0.4, 0.5) is 0 Å². The van der Waals surface area contributed by atoms with Gasteiger partial charge in [-0.3, -0.25) is 9.80 Å². The summed E-state index contributed by atoms with van der Waals surface area (Å²) in [5, 5.41) is 10.6. The summed E-state index contributed by atoms with van der Waals surface area (Å²) in [6.07, 6.45) is 0.522. The van der Waals surface area contributed by atoms with Gasteiger partial charge in [-0.25, -0.2) is 0 Å². The monoisotopic (exact) mass is 480 g/mol. The first-order valence-electron chi connectivity index (χ1n) is 11.9. The van der Waals surface area contributed by atoms with Gasteiger partial charge < -0.3 is 14.6 Å². The largest absolute Gasteiger partial charge is 0.489 e. The number of rotatable bonds is 9. The highest BCUT2D eigenvalue weighted by molar-refractivity contribution is 6.30. The number of ether oxygens (including phenoxy) is 2. The van der Waals surface area contributed by atoms with Crippen molar-refractivity contribution in [3.8, 4) is 11.5 Å². The molecule has 0 spiro atoms. The lowest BCUT2D eigenvalue weighted by Gasteiger charge is -2.32. The van der Waals surface area contributed by atoms with Crippen molar-refractivity contribution in [1.29, 1.82) is 0 Å². The molecule has 0 radical (unpaired) electrons. The van der Waals surface area contributed by atoms with Gasteiger partial charge in [-0.05, 0) is 67.4 Å². The minimum absolute atomic E-state index is 0.128. The van der Waals surface area contributed by atoms with Crippen LogP contribution in [0.15, 0.2) is 78.9 Å². The third-order valence-electron chi connectivity index (χ3n) is 5.91. The van der Waals surface area contributed by atoms with Gasteiger partial charge in [0.2, 0.25) is 0 Å². The molecule has 5 nitrogen and oxygen atoms in total. The number of nitrogens with zero attached hydrogens (tertiary/aromatic N) is 2. The number of hydrogen-bond donors (Lipinski definition) is 1. The number of benzene rings is 3. The molecule has 0 amide bonds. The van der Waals surface area contributed by atoms with Gasteiger partial charge in [-0.2, -0.15) is 0 Å². The summed E-state index contributed by atoms with van der Waals surface area (Å²) in [6.45, 7) is 6.39. The predicted octanol–water partition coefficient (Wildman–Crippen LogP) is 5.21. The molecule has 3 aromatic rings. The molecule has 1 heterocycles. The minimum atomic E-state index is -0.369. The number of aliphatic hydroxyl groups is 1. The molecule has 0 aromatic heterocycles. The topological polar surface area (TPSA) is 45.2 Å². The quantitative estimate of drug-likeness (QED) is 0.455. The number of hydrogen-bond acceptors (Lipinski definition) is 5. The lowest BCUT2D eigenvalue weighted by atomic mass is 10.2. The van der Waals surface area contributed by atoms with Gasteiger partial charge in [-0.1, -0.05) is 54.1 Å². The Morgan fingerprint density at radius 2 is 1.62 bits per heavy atom. The molecule has 4 rings (SSSR count). The highest BCUT2D eigenvalue weighted by Gasteiger charge is 2.27. The van der Waals surface area contributed by atoms with Crippen molar-refractivity contribution < 1.29 is 14.6 Å². The summed E-state index contributed by atoms with van der Waals surface area (Å²) < 4.78 is 12.4. The van der Waals surface area contributed by atoms with Gasteiger partial charge in [0.05, 0.1) is 6.10 Å². The second kappa shape index (κ2) is 12.2. The fraction of sp³-hybridized carbons (Fsp3) is 0.357. The Hall–Kier alpha value is -2.57. The molecule has 1 fully saturated rings. The van der Waals surface area contributed by atoms with Crippen LogP contribution < -0.4 is 9.47 Å². The Labute approximate surface area is 207 Å². The zero-order valence-corrected chi connectivity index (χ0v) is 20.4. The van der Waals surface area contributed by atoms with E-state index in [2.05, 4.69) is 34.1 Å². The van der Waals surface area contributed by atoms with Crippen LogP contribution in [-0.4, -0.2) is 53.4 Å². The molecule has 1 aliphatic heterocycles. The summed E-state index contributed by atoms with van der Waals surface area (Å²) in [7, 11) is 0. The summed E-state index contributed by atoms with van der Waals surface area (Å²) in [5.41, 5.74) is 2.36. The van der Waals surface area contributed by atoms with Crippen LogP contribution in [-0.2, 0) is 13.2 Å². The van der Waals surface area contributed by atoms with E-state index in [0.717, 1.165) is 49.7 Å². The van der Waals surface area contributed by atoms with Crippen LogP contribution in [0.3, 0.4) is 0 Å². The van der Waals surface area contributed by atoms with Crippen molar-refractivity contribution in [1.82, 2.24) is 9.80 Å². The maximum absolute atomic E-state index is 9.92. The lowest BCUT2D eigenvalue weighted by molar-refractivity contribution is 0.00458. The highest BCUT2D eigenvalue weighted by atomic mass is 35.5. The molecular formula is C28H33ClN2O3. The Morgan fingerprint density at radius 3 is 2.32 bits per heavy atom. The zero-order chi connectivity index (χ0) is 23.8. The van der Waals surface area contributed by atoms with Crippen LogP contribution in [0, 0.1) is 0 Å². The Balaban J connectivity index is 1.42. The minimum Gasteiger partial charge on any atom is -0.489 e. The van der Waals surface area contributed by atoms with Crippen LogP contribution in [0.2, 0.25) is 5.02 Å². The van der Waals surface area contributed by atoms with E-state index in [9.17, 15) is 5.11 Å². The molecule has 0 aliphatic carbocycles. The SMILES string of the molecule is CC(O)CN1CCCN(Cc2ccc(OCc3ccccc3)cc2)C(Oc2ccc(Cl)cc2)C1. The van der Waals surface area contributed by atoms with E-state index in [1.165, 1.54) is 5.56 Å². The molecule has 3 aromatic carbocycles. The first kappa shape index (κ1) is 24.6. The smallest absolute Gasteiger partial charge is 0.165 e. The van der Waals surface area contributed by atoms with E-state index in [-0.39, 0.29) is 12.3 Å². The van der Waals surface area contributed by atoms with E-state index < -0.39 is 0 Å². The standard InChI is InChI=1S/C28H33ClN2O3/c1-22(32)18-30-16-5-17-31(28(20-30)34-27-14-10-25(29)11-15-27)19-23-8-12-26(13-9-23)33-21-24-6-3-2-4-7-24/h2-4,6-15,22,28,32H,5,16-21H2,1H3. The van der Waals surface area contributed by atoms with E-state index in [0.29, 0.717) is 18.2 Å². The molecule has 0 bridgehead atoms. The molecule has 180 valence electrons. The molecule has 1 aliphatic rings. The zero-order valence-electron chi connectivity index (χ0n) is 19.6. The van der Waals surface area contributed by atoms with Gasteiger partial charge in [0.25, 0.3) is 0 Å². The fourth-order valence-corrected chi connectivity index (χ4v) is 4.36. The maximum atomic E-state index is 9.92. The number of aliphatic hydroxyl groups excluding tert-OH is 1. The van der Waals surface area contributed by atoms with E-state index in [4.69, 9.17) is 21.1 Å². The average molecular weight is 481 g/mol. The molecule has 2 atom stereocenters. The summed E-state index contributed by atoms with van der Waals surface area (Å²) in [6, 6.07) is 26.0. The lowest BCUT2D eigenvalue weighted by Crippen LogP contribution is -2.45. The van der Waals surface area contributed by atoms with Crippen LogP contribution in [0.1, 0.15) is 24.5 Å². The van der Waals surface area contributed by atoms with Crippen molar-refractivity contribution in [2.24, 2.45) is 0 Å².